The van der Waals surface area contributed by atoms with Crippen molar-refractivity contribution < 1.29 is 9.90 Å². The molecular weight excluding hydrogens is 260 g/mol. The maximum Gasteiger partial charge on any atom is 0.246 e. The van der Waals surface area contributed by atoms with Crippen LogP contribution in [0, 0.1) is 6.92 Å². The maximum absolute atomic E-state index is 12.1. The number of carbonyl (C=O) groups excluding carboxylic acids is 1. The summed E-state index contributed by atoms with van der Waals surface area (Å²) in [6, 6.07) is -0.0527. The van der Waals surface area contributed by atoms with Crippen molar-refractivity contribution in [2.45, 2.75) is 44.8 Å². The molecule has 2 unspecified atom stereocenters. The molecule has 0 bridgehead atoms. The molecule has 1 aromatic heterocycles. The van der Waals surface area contributed by atoms with E-state index in [1.807, 2.05) is 12.3 Å². The summed E-state index contributed by atoms with van der Waals surface area (Å²) in [6.07, 6.45) is 6.68. The molecule has 2 rings (SSSR count). The van der Waals surface area contributed by atoms with Crippen molar-refractivity contribution in [3.8, 4) is 0 Å². The number of likely N-dealkylation sites (N-methyl/N-ethyl adjacent to an activating group) is 1. The van der Waals surface area contributed by atoms with E-state index in [1.54, 1.807) is 29.4 Å². The van der Waals surface area contributed by atoms with Gasteiger partial charge in [-0.1, -0.05) is 12.8 Å². The zero-order valence-corrected chi connectivity index (χ0v) is 12.2. The van der Waals surface area contributed by atoms with Gasteiger partial charge in [0.05, 0.1) is 22.8 Å². The number of hydrogen-bond acceptors (Lipinski definition) is 4. The van der Waals surface area contributed by atoms with Crippen LogP contribution in [0.2, 0.25) is 0 Å². The van der Waals surface area contributed by atoms with Gasteiger partial charge in [0.1, 0.15) is 0 Å². The van der Waals surface area contributed by atoms with Crippen LogP contribution in [0.1, 0.15) is 36.4 Å². The monoisotopic (exact) mass is 280 g/mol. The van der Waals surface area contributed by atoms with E-state index in [0.29, 0.717) is 0 Å². The molecule has 1 fully saturated rings. The van der Waals surface area contributed by atoms with E-state index < -0.39 is 6.10 Å². The Morgan fingerprint density at radius 3 is 2.89 bits per heavy atom. The van der Waals surface area contributed by atoms with Crippen LogP contribution < -0.4 is 0 Å². The van der Waals surface area contributed by atoms with Gasteiger partial charge in [-0.05, 0) is 25.8 Å². The number of amides is 1. The number of thiazole rings is 1. The summed E-state index contributed by atoms with van der Waals surface area (Å²) in [6.45, 7) is 1.94. The third kappa shape index (κ3) is 3.64. The lowest BCUT2D eigenvalue weighted by Gasteiger charge is -2.34. The number of aromatic nitrogens is 1. The standard InChI is InChI=1S/C14H20N2O2S/c1-10-15-11(9-19-10)7-8-14(18)16(2)12-5-3-4-6-13(12)17/h7-9,12-13,17H,3-6H2,1-2H3/b8-7+. The highest BCUT2D eigenvalue weighted by atomic mass is 32.1. The Balaban J connectivity index is 1.97. The summed E-state index contributed by atoms with van der Waals surface area (Å²) in [7, 11) is 1.76. The molecule has 1 N–H and O–H groups in total. The normalized spacial score (nSPS) is 23.7. The number of carbonyl (C=O) groups is 1. The fourth-order valence-corrected chi connectivity index (χ4v) is 3.02. The minimum absolute atomic E-state index is 0.0527. The van der Waals surface area contributed by atoms with Crippen LogP contribution in [0.5, 0.6) is 0 Å². The summed E-state index contributed by atoms with van der Waals surface area (Å²) in [5, 5.41) is 12.9. The lowest BCUT2D eigenvalue weighted by Crippen LogP contribution is -2.45. The Labute approximate surface area is 117 Å². The first-order chi connectivity index (χ1) is 9.08. The summed E-state index contributed by atoms with van der Waals surface area (Å²) < 4.78 is 0. The van der Waals surface area contributed by atoms with E-state index in [9.17, 15) is 9.90 Å². The number of hydrogen-bond donors (Lipinski definition) is 1. The van der Waals surface area contributed by atoms with Crippen molar-refractivity contribution in [2.24, 2.45) is 0 Å². The molecule has 4 nitrogen and oxygen atoms in total. The molecule has 5 heteroatoms. The van der Waals surface area contributed by atoms with Crippen LogP contribution in [0.25, 0.3) is 6.08 Å². The second-order valence-electron chi connectivity index (χ2n) is 4.99. The van der Waals surface area contributed by atoms with E-state index in [1.165, 1.54) is 6.08 Å². The van der Waals surface area contributed by atoms with Crippen LogP contribution in [0.3, 0.4) is 0 Å². The largest absolute Gasteiger partial charge is 0.391 e. The predicted octanol–water partition coefficient (Wildman–Crippen LogP) is 2.23. The van der Waals surface area contributed by atoms with Crippen LogP contribution in [0.4, 0.5) is 0 Å². The molecule has 19 heavy (non-hydrogen) atoms. The van der Waals surface area contributed by atoms with Crippen LogP contribution in [-0.4, -0.2) is 40.1 Å². The molecule has 0 spiro atoms. The zero-order chi connectivity index (χ0) is 13.8. The highest BCUT2D eigenvalue weighted by molar-refractivity contribution is 7.09. The van der Waals surface area contributed by atoms with Gasteiger partial charge in [0, 0.05) is 18.5 Å². The SMILES string of the molecule is Cc1nc(/C=C/C(=O)N(C)C2CCCCC2O)cs1. The average molecular weight is 280 g/mol. The average Bonchev–Trinajstić information content (AvgIpc) is 2.81. The number of nitrogens with zero attached hydrogens (tertiary/aromatic N) is 2. The predicted molar refractivity (Wildman–Crippen MR) is 76.9 cm³/mol. The molecule has 0 aromatic carbocycles. The van der Waals surface area contributed by atoms with Gasteiger partial charge in [-0.3, -0.25) is 4.79 Å². The first kappa shape index (κ1) is 14.2. The lowest BCUT2D eigenvalue weighted by atomic mass is 9.91. The van der Waals surface area contributed by atoms with Crippen molar-refractivity contribution in [1.82, 2.24) is 9.88 Å². The van der Waals surface area contributed by atoms with Gasteiger partial charge in [-0.15, -0.1) is 11.3 Å². The van der Waals surface area contributed by atoms with Crippen molar-refractivity contribution in [3.05, 3.63) is 22.2 Å². The van der Waals surface area contributed by atoms with E-state index in [2.05, 4.69) is 4.98 Å². The Bertz CT molecular complexity index is 470. The summed E-state index contributed by atoms with van der Waals surface area (Å²) in [5.74, 6) is -0.0726. The molecule has 1 amide bonds. The molecule has 1 aliphatic rings. The van der Waals surface area contributed by atoms with Crippen molar-refractivity contribution in [1.29, 1.82) is 0 Å². The molecule has 104 valence electrons. The highest BCUT2D eigenvalue weighted by Crippen LogP contribution is 2.22. The van der Waals surface area contributed by atoms with Gasteiger partial charge in [0.25, 0.3) is 0 Å². The fraction of sp³-hybridized carbons (Fsp3) is 0.571. The minimum atomic E-state index is -0.391. The Kier molecular flexibility index (Phi) is 4.71. The Morgan fingerprint density at radius 1 is 1.53 bits per heavy atom. The van der Waals surface area contributed by atoms with E-state index in [-0.39, 0.29) is 11.9 Å². The first-order valence-corrected chi connectivity index (χ1v) is 7.51. The maximum atomic E-state index is 12.1. The number of aliphatic hydroxyl groups excluding tert-OH is 1. The fourth-order valence-electron chi connectivity index (χ4n) is 2.44. The molecular formula is C14H20N2O2S. The van der Waals surface area contributed by atoms with Gasteiger partial charge in [0.2, 0.25) is 5.91 Å². The molecule has 2 atom stereocenters. The topological polar surface area (TPSA) is 53.4 Å². The second-order valence-corrected chi connectivity index (χ2v) is 6.06. The smallest absolute Gasteiger partial charge is 0.246 e. The molecule has 0 radical (unpaired) electrons. The molecule has 0 aliphatic heterocycles. The quantitative estimate of drug-likeness (QED) is 0.864. The highest BCUT2D eigenvalue weighted by Gasteiger charge is 2.28. The van der Waals surface area contributed by atoms with E-state index in [0.717, 1.165) is 36.4 Å². The molecule has 0 saturated heterocycles. The van der Waals surface area contributed by atoms with E-state index in [4.69, 9.17) is 0 Å². The van der Waals surface area contributed by atoms with Gasteiger partial charge < -0.3 is 10.0 Å². The molecule has 1 heterocycles. The Morgan fingerprint density at radius 2 is 2.26 bits per heavy atom. The number of aliphatic hydroxyl groups is 1. The van der Waals surface area contributed by atoms with Gasteiger partial charge in [0.15, 0.2) is 0 Å². The first-order valence-electron chi connectivity index (χ1n) is 6.63. The molecule has 1 aromatic rings. The summed E-state index contributed by atoms with van der Waals surface area (Å²) in [5.41, 5.74) is 0.813. The van der Waals surface area contributed by atoms with Crippen LogP contribution >= 0.6 is 11.3 Å². The molecule has 1 aliphatic carbocycles. The summed E-state index contributed by atoms with van der Waals surface area (Å²) in [4.78, 5) is 18.0. The number of aryl methyl sites for hydroxylation is 1. The number of rotatable bonds is 3. The Hall–Kier alpha value is -1.20. The van der Waals surface area contributed by atoms with Gasteiger partial charge >= 0.3 is 0 Å². The minimum Gasteiger partial charge on any atom is -0.391 e. The van der Waals surface area contributed by atoms with Crippen molar-refractivity contribution in [2.75, 3.05) is 7.05 Å². The van der Waals surface area contributed by atoms with Crippen LogP contribution in [-0.2, 0) is 4.79 Å². The van der Waals surface area contributed by atoms with Gasteiger partial charge in [-0.25, -0.2) is 4.98 Å². The van der Waals surface area contributed by atoms with Crippen LogP contribution in [0.15, 0.2) is 11.5 Å². The third-order valence-electron chi connectivity index (χ3n) is 3.57. The van der Waals surface area contributed by atoms with Crippen molar-refractivity contribution in [3.63, 3.8) is 0 Å². The third-order valence-corrected chi connectivity index (χ3v) is 4.36. The van der Waals surface area contributed by atoms with Crippen molar-refractivity contribution >= 4 is 23.3 Å². The van der Waals surface area contributed by atoms with Gasteiger partial charge in [-0.2, -0.15) is 0 Å². The summed E-state index contributed by atoms with van der Waals surface area (Å²) >= 11 is 1.57. The van der Waals surface area contributed by atoms with E-state index >= 15 is 0 Å². The lowest BCUT2D eigenvalue weighted by molar-refractivity contribution is -0.130. The second kappa shape index (κ2) is 6.30. The zero-order valence-electron chi connectivity index (χ0n) is 11.4. The molecule has 1 saturated carbocycles.